The van der Waals surface area contributed by atoms with Gasteiger partial charge in [0.2, 0.25) is 16.0 Å². The van der Waals surface area contributed by atoms with Crippen LogP contribution in [-0.4, -0.2) is 28.9 Å². The van der Waals surface area contributed by atoms with Crippen molar-refractivity contribution < 1.29 is 13.2 Å². The number of anilines is 3. The van der Waals surface area contributed by atoms with Crippen LogP contribution in [0.15, 0.2) is 35.4 Å². The zero-order valence-corrected chi connectivity index (χ0v) is 17.8. The number of amides is 1. The molecule has 1 saturated carbocycles. The van der Waals surface area contributed by atoms with E-state index in [1.54, 1.807) is 19.2 Å². The Morgan fingerprint density at radius 3 is 2.65 bits per heavy atom. The number of nitrogens with zero attached hydrogens (tertiary/aromatic N) is 3. The number of nitrogens with two attached hydrogens (primary N) is 1. The maximum Gasteiger partial charge on any atom is 0.264 e. The molecule has 0 unspecified atom stereocenters. The van der Waals surface area contributed by atoms with Gasteiger partial charge in [-0.15, -0.1) is 0 Å². The molecular weight excluding hydrogens is 418 g/mol. The zero-order valence-electron chi connectivity index (χ0n) is 17.0. The van der Waals surface area contributed by atoms with Crippen molar-refractivity contribution in [1.82, 2.24) is 20.0 Å². The van der Waals surface area contributed by atoms with Crippen LogP contribution in [0.3, 0.4) is 0 Å². The maximum absolute atomic E-state index is 12.9. The van der Waals surface area contributed by atoms with Crippen LogP contribution in [0.5, 0.6) is 0 Å². The summed E-state index contributed by atoms with van der Waals surface area (Å²) in [6, 6.07) is 6.50. The van der Waals surface area contributed by atoms with E-state index in [2.05, 4.69) is 21.2 Å². The average Bonchev–Trinajstić information content (AvgIpc) is 3.11. The van der Waals surface area contributed by atoms with Crippen LogP contribution < -0.4 is 21.3 Å². The first-order valence-corrected chi connectivity index (χ1v) is 11.7. The summed E-state index contributed by atoms with van der Waals surface area (Å²) in [5, 5.41) is 9.19. The van der Waals surface area contributed by atoms with Crippen LogP contribution in [0.2, 0.25) is 0 Å². The van der Waals surface area contributed by atoms with E-state index in [-0.39, 0.29) is 10.8 Å². The Kier molecular flexibility index (Phi) is 4.41. The number of hydrazine groups is 1. The number of rotatable bonds is 3. The van der Waals surface area contributed by atoms with E-state index in [0.29, 0.717) is 22.8 Å². The molecule has 5 rings (SSSR count). The molecule has 1 aromatic carbocycles. The van der Waals surface area contributed by atoms with Crippen LogP contribution in [0, 0.1) is 6.92 Å². The molecule has 3 aromatic rings. The summed E-state index contributed by atoms with van der Waals surface area (Å²) in [4.78, 5) is 22.1. The van der Waals surface area contributed by atoms with Gasteiger partial charge in [-0.1, -0.05) is 19.3 Å². The molecule has 0 atom stereocenters. The summed E-state index contributed by atoms with van der Waals surface area (Å²) in [6.07, 6.45) is 6.33. The maximum atomic E-state index is 12.9. The van der Waals surface area contributed by atoms with Gasteiger partial charge in [-0.2, -0.15) is 4.98 Å². The number of primary sulfonamides is 1. The first-order chi connectivity index (χ1) is 14.8. The second-order valence-corrected chi connectivity index (χ2v) is 9.72. The fourth-order valence-electron chi connectivity index (χ4n) is 4.57. The lowest BCUT2D eigenvalue weighted by Gasteiger charge is -2.41. The van der Waals surface area contributed by atoms with Crippen LogP contribution in [-0.2, 0) is 20.4 Å². The third-order valence-corrected chi connectivity index (χ3v) is 7.06. The lowest BCUT2D eigenvalue weighted by molar-refractivity contribution is -0.131. The van der Waals surface area contributed by atoms with Crippen molar-refractivity contribution in [3.05, 3.63) is 36.0 Å². The molecule has 10 nitrogen and oxygen atoms in total. The van der Waals surface area contributed by atoms with E-state index in [0.717, 1.165) is 43.3 Å². The minimum absolute atomic E-state index is 0.0419. The van der Waals surface area contributed by atoms with Crippen molar-refractivity contribution in [3.63, 3.8) is 0 Å². The molecular formula is C20H23N7O3S. The lowest BCUT2D eigenvalue weighted by Crippen LogP contribution is -2.55. The number of aromatic nitrogens is 3. The van der Waals surface area contributed by atoms with E-state index in [1.807, 2.05) is 10.6 Å². The monoisotopic (exact) mass is 441 g/mol. The van der Waals surface area contributed by atoms with Crippen LogP contribution in [0.25, 0.3) is 11.0 Å². The van der Waals surface area contributed by atoms with Crippen LogP contribution >= 0.6 is 0 Å². The summed E-state index contributed by atoms with van der Waals surface area (Å²) in [5.41, 5.74) is 7.17. The van der Waals surface area contributed by atoms with E-state index < -0.39 is 15.6 Å². The number of benzene rings is 1. The van der Waals surface area contributed by atoms with E-state index in [4.69, 9.17) is 10.1 Å². The number of hydrogen-bond acceptors (Lipinski definition) is 7. The summed E-state index contributed by atoms with van der Waals surface area (Å²) in [7, 11) is -3.77. The second kappa shape index (κ2) is 6.92. The molecule has 1 spiro atoms. The molecule has 11 heteroatoms. The topological polar surface area (TPSA) is 144 Å². The molecule has 5 N–H and O–H groups in total. The van der Waals surface area contributed by atoms with Gasteiger partial charge in [0.05, 0.1) is 4.90 Å². The first-order valence-electron chi connectivity index (χ1n) is 10.1. The van der Waals surface area contributed by atoms with Crippen molar-refractivity contribution in [1.29, 1.82) is 0 Å². The molecule has 1 amide bonds. The SMILES string of the molecule is Cc1cc(S(N)(=O)=O)ccc1Nc1ncc2cc3n(c2n1)C1(CCCCC1)C(=O)NN3. The van der Waals surface area contributed by atoms with Gasteiger partial charge < -0.3 is 5.32 Å². The number of carbonyl (C=O) groups excluding carboxylic acids is 1. The van der Waals surface area contributed by atoms with Gasteiger partial charge in [-0.05, 0) is 49.6 Å². The van der Waals surface area contributed by atoms with E-state index in [9.17, 15) is 13.2 Å². The fraction of sp³-hybridized carbons (Fsp3) is 0.350. The molecule has 0 bridgehead atoms. The van der Waals surface area contributed by atoms with E-state index in [1.165, 1.54) is 12.1 Å². The molecule has 162 valence electrons. The Labute approximate surface area is 179 Å². The highest BCUT2D eigenvalue weighted by Gasteiger charge is 2.46. The standard InChI is InChI=1S/C20H23N7O3S/c1-12-9-14(31(21,29)30)5-6-15(12)23-19-22-11-13-10-16-25-26-18(28)20(7-3-2-4-8-20)27(16)17(13)24-19/h5-6,9-11,25H,2-4,7-8H2,1H3,(H,26,28)(H2,21,29,30)(H,22,23,24). The number of fused-ring (bicyclic) bond motifs is 4. The highest BCUT2D eigenvalue weighted by Crippen LogP contribution is 2.42. The van der Waals surface area contributed by atoms with Gasteiger partial charge in [0.1, 0.15) is 17.0 Å². The van der Waals surface area contributed by atoms with Crippen LogP contribution in [0.4, 0.5) is 17.5 Å². The second-order valence-electron chi connectivity index (χ2n) is 8.16. The summed E-state index contributed by atoms with van der Waals surface area (Å²) >= 11 is 0. The molecule has 1 fully saturated rings. The predicted octanol–water partition coefficient (Wildman–Crippen LogP) is 2.25. The van der Waals surface area contributed by atoms with Crippen molar-refractivity contribution in [2.45, 2.75) is 49.5 Å². The fourth-order valence-corrected chi connectivity index (χ4v) is 5.17. The highest BCUT2D eigenvalue weighted by molar-refractivity contribution is 7.89. The molecule has 0 saturated heterocycles. The molecule has 2 aromatic heterocycles. The molecule has 1 aliphatic carbocycles. The van der Waals surface area contributed by atoms with Gasteiger partial charge in [0.25, 0.3) is 5.91 Å². The molecule has 31 heavy (non-hydrogen) atoms. The third-order valence-electron chi connectivity index (χ3n) is 6.15. The number of sulfonamides is 1. The van der Waals surface area contributed by atoms with Gasteiger partial charge in [0.15, 0.2) is 0 Å². The Morgan fingerprint density at radius 1 is 1.16 bits per heavy atom. The zero-order chi connectivity index (χ0) is 21.8. The normalized spacial score (nSPS) is 17.8. The average molecular weight is 442 g/mol. The first kappa shape index (κ1) is 19.8. The van der Waals surface area contributed by atoms with Crippen molar-refractivity contribution in [2.24, 2.45) is 5.14 Å². The smallest absolute Gasteiger partial charge is 0.264 e. The number of hydrogen-bond donors (Lipinski definition) is 4. The Bertz CT molecular complexity index is 1310. The highest BCUT2D eigenvalue weighted by atomic mass is 32.2. The summed E-state index contributed by atoms with van der Waals surface area (Å²) < 4.78 is 25.2. The Hall–Kier alpha value is -3.18. The lowest BCUT2D eigenvalue weighted by atomic mass is 9.80. The quantitative estimate of drug-likeness (QED) is 0.488. The number of nitrogens with one attached hydrogen (secondary N) is 3. The van der Waals surface area contributed by atoms with Gasteiger partial charge in [-0.3, -0.25) is 20.2 Å². The Morgan fingerprint density at radius 2 is 1.94 bits per heavy atom. The van der Waals surface area contributed by atoms with Gasteiger partial charge in [-0.25, -0.2) is 18.5 Å². The van der Waals surface area contributed by atoms with E-state index >= 15 is 0 Å². The number of carbonyl (C=O) groups is 1. The van der Waals surface area contributed by atoms with Crippen LogP contribution in [0.1, 0.15) is 37.7 Å². The summed E-state index contributed by atoms with van der Waals surface area (Å²) in [6.45, 7) is 1.78. The van der Waals surface area contributed by atoms with Crippen molar-refractivity contribution >= 4 is 44.4 Å². The molecule has 1 aliphatic heterocycles. The predicted molar refractivity (Wildman–Crippen MR) is 116 cm³/mol. The Balaban J connectivity index is 1.57. The van der Waals surface area contributed by atoms with Crippen molar-refractivity contribution in [3.8, 4) is 0 Å². The summed E-state index contributed by atoms with van der Waals surface area (Å²) in [5.74, 6) is 1.10. The number of aryl methyl sites for hydroxylation is 1. The molecule has 2 aliphatic rings. The van der Waals surface area contributed by atoms with Crippen molar-refractivity contribution in [2.75, 3.05) is 10.7 Å². The minimum Gasteiger partial charge on any atom is -0.324 e. The largest absolute Gasteiger partial charge is 0.324 e. The molecule has 0 radical (unpaired) electrons. The third kappa shape index (κ3) is 3.20. The van der Waals surface area contributed by atoms with Gasteiger partial charge >= 0.3 is 0 Å². The molecule has 3 heterocycles. The minimum atomic E-state index is -3.77. The van der Waals surface area contributed by atoms with Gasteiger partial charge in [0, 0.05) is 17.3 Å².